The largest absolute Gasteiger partial charge is 0.351 e. The minimum Gasteiger partial charge on any atom is -0.351 e. The molecule has 4 heteroatoms. The second-order valence-corrected chi connectivity index (χ2v) is 9.92. The topological polar surface area (TPSA) is 34.0 Å². The summed E-state index contributed by atoms with van der Waals surface area (Å²) in [6, 6.07) is 4.27. The number of aromatic nitrogens is 1. The number of carbonyl (C=O) groups is 1. The average Bonchev–Trinajstić information content (AvgIpc) is 3.08. The Bertz CT molecular complexity index is 562. The third kappa shape index (κ3) is 3.39. The van der Waals surface area contributed by atoms with E-state index < -0.39 is 0 Å². The highest BCUT2D eigenvalue weighted by atomic mass is 32.2. The van der Waals surface area contributed by atoms with Gasteiger partial charge in [-0.15, -0.1) is 0 Å². The SMILES string of the molecule is CSCC[C@H](C(=O)N[C@@H](C)C12CC3CC(CC(C3)C1)C2)n1cccc1. The van der Waals surface area contributed by atoms with E-state index in [0.29, 0.717) is 11.5 Å². The highest BCUT2D eigenvalue weighted by molar-refractivity contribution is 7.98. The molecule has 0 radical (unpaired) electrons. The molecule has 3 nitrogen and oxygen atoms in total. The molecule has 1 heterocycles. The van der Waals surface area contributed by atoms with Gasteiger partial charge in [-0.1, -0.05) is 0 Å². The van der Waals surface area contributed by atoms with Gasteiger partial charge in [-0.3, -0.25) is 4.79 Å². The molecule has 1 aromatic rings. The van der Waals surface area contributed by atoms with Gasteiger partial charge >= 0.3 is 0 Å². The van der Waals surface area contributed by atoms with Crippen molar-refractivity contribution in [1.82, 2.24) is 9.88 Å². The highest BCUT2D eigenvalue weighted by Gasteiger charge is 2.53. The van der Waals surface area contributed by atoms with Crippen LogP contribution in [0.5, 0.6) is 0 Å². The van der Waals surface area contributed by atoms with Crippen molar-refractivity contribution in [3.05, 3.63) is 24.5 Å². The Balaban J connectivity index is 1.46. The summed E-state index contributed by atoms with van der Waals surface area (Å²) in [5.41, 5.74) is 0.380. The summed E-state index contributed by atoms with van der Waals surface area (Å²) in [6.07, 6.45) is 15.5. The van der Waals surface area contributed by atoms with Gasteiger partial charge in [-0.25, -0.2) is 0 Å². The molecular weight excluding hydrogens is 328 g/mol. The maximum Gasteiger partial charge on any atom is 0.243 e. The molecule has 2 atom stereocenters. The maximum atomic E-state index is 13.1. The second kappa shape index (κ2) is 7.02. The summed E-state index contributed by atoms with van der Waals surface area (Å²) < 4.78 is 2.08. The zero-order valence-electron chi connectivity index (χ0n) is 15.6. The van der Waals surface area contributed by atoms with Crippen molar-refractivity contribution in [2.75, 3.05) is 12.0 Å². The first-order chi connectivity index (χ1) is 12.1. The molecule has 0 saturated heterocycles. The maximum absolute atomic E-state index is 13.1. The van der Waals surface area contributed by atoms with E-state index in [2.05, 4.69) is 23.1 Å². The van der Waals surface area contributed by atoms with E-state index in [1.807, 2.05) is 36.3 Å². The quantitative estimate of drug-likeness (QED) is 0.776. The predicted octanol–water partition coefficient (Wildman–Crippen LogP) is 4.50. The second-order valence-electron chi connectivity index (χ2n) is 8.94. The van der Waals surface area contributed by atoms with E-state index in [-0.39, 0.29) is 11.9 Å². The van der Waals surface area contributed by atoms with Gasteiger partial charge in [0, 0.05) is 18.4 Å². The zero-order valence-corrected chi connectivity index (χ0v) is 16.4. The lowest BCUT2D eigenvalue weighted by molar-refractivity contribution is -0.129. The number of nitrogens with zero attached hydrogens (tertiary/aromatic N) is 1. The van der Waals surface area contributed by atoms with Gasteiger partial charge in [0.15, 0.2) is 0 Å². The lowest BCUT2D eigenvalue weighted by atomic mass is 9.48. The number of thioether (sulfide) groups is 1. The Kier molecular flexibility index (Phi) is 4.91. The Morgan fingerprint density at radius 3 is 2.24 bits per heavy atom. The smallest absolute Gasteiger partial charge is 0.243 e. The third-order valence-electron chi connectivity index (χ3n) is 7.25. The molecule has 1 aromatic heterocycles. The standard InChI is InChI=1S/C21H32N2OS/c1-15(21-12-16-9-17(13-21)11-18(10-16)14-21)22-20(24)19(5-8-25-2)23-6-3-4-7-23/h3-4,6-7,15-19H,5,8-14H2,1-2H3,(H,22,24)/t15-,16?,17?,18?,19+,21?/m0/s1. The van der Waals surface area contributed by atoms with E-state index in [0.717, 1.165) is 29.9 Å². The number of rotatable bonds is 7. The van der Waals surface area contributed by atoms with Gasteiger partial charge in [0.25, 0.3) is 0 Å². The zero-order chi connectivity index (χ0) is 17.4. The van der Waals surface area contributed by atoms with Crippen LogP contribution in [0.25, 0.3) is 0 Å². The normalized spacial score (nSPS) is 35.5. The molecule has 4 fully saturated rings. The predicted molar refractivity (Wildman–Crippen MR) is 105 cm³/mol. The minimum absolute atomic E-state index is 0.0705. The Hall–Kier alpha value is -0.900. The van der Waals surface area contributed by atoms with Crippen LogP contribution < -0.4 is 5.32 Å². The fourth-order valence-electron chi connectivity index (χ4n) is 6.37. The number of carbonyl (C=O) groups excluding carboxylic acids is 1. The molecule has 0 aromatic carbocycles. The first-order valence-electron chi connectivity index (χ1n) is 10.0. The summed E-state index contributed by atoms with van der Waals surface area (Å²) >= 11 is 1.82. The van der Waals surface area contributed by atoms with Gasteiger partial charge in [-0.2, -0.15) is 11.8 Å². The molecule has 5 rings (SSSR count). The van der Waals surface area contributed by atoms with Crippen LogP contribution in [0.1, 0.15) is 57.9 Å². The van der Waals surface area contributed by atoms with Crippen molar-refractivity contribution in [3.63, 3.8) is 0 Å². The van der Waals surface area contributed by atoms with Crippen molar-refractivity contribution in [3.8, 4) is 0 Å². The molecule has 0 unspecified atom stereocenters. The van der Waals surface area contributed by atoms with Crippen LogP contribution in [0.2, 0.25) is 0 Å². The molecule has 4 aliphatic carbocycles. The molecule has 0 spiro atoms. The van der Waals surface area contributed by atoms with Crippen LogP contribution in [-0.4, -0.2) is 28.5 Å². The van der Waals surface area contributed by atoms with E-state index in [9.17, 15) is 4.79 Å². The molecule has 1 N–H and O–H groups in total. The van der Waals surface area contributed by atoms with E-state index in [4.69, 9.17) is 0 Å². The summed E-state index contributed by atoms with van der Waals surface area (Å²) in [6.45, 7) is 2.28. The third-order valence-corrected chi connectivity index (χ3v) is 7.89. The molecule has 4 aliphatic rings. The van der Waals surface area contributed by atoms with Crippen LogP contribution >= 0.6 is 11.8 Å². The van der Waals surface area contributed by atoms with Gasteiger partial charge in [-0.05, 0) is 99.2 Å². The van der Waals surface area contributed by atoms with Crippen LogP contribution in [-0.2, 0) is 4.79 Å². The number of amides is 1. The Morgan fingerprint density at radius 2 is 1.72 bits per heavy atom. The molecule has 4 bridgehead atoms. The summed E-state index contributed by atoms with van der Waals surface area (Å²) in [4.78, 5) is 13.1. The van der Waals surface area contributed by atoms with Gasteiger partial charge in [0.05, 0.1) is 0 Å². The fourth-order valence-corrected chi connectivity index (χ4v) is 6.83. The highest BCUT2D eigenvalue weighted by Crippen LogP contribution is 2.61. The van der Waals surface area contributed by atoms with Crippen LogP contribution in [0.15, 0.2) is 24.5 Å². The molecule has 1 amide bonds. The molecule has 138 valence electrons. The summed E-state index contributed by atoms with van der Waals surface area (Å²) in [5, 5.41) is 3.47. The van der Waals surface area contributed by atoms with Crippen molar-refractivity contribution in [2.45, 2.75) is 64.0 Å². The van der Waals surface area contributed by atoms with Crippen molar-refractivity contribution < 1.29 is 4.79 Å². The fraction of sp³-hybridized carbons (Fsp3) is 0.762. The lowest BCUT2D eigenvalue weighted by Crippen LogP contribution is -2.56. The number of hydrogen-bond acceptors (Lipinski definition) is 2. The van der Waals surface area contributed by atoms with E-state index >= 15 is 0 Å². The first kappa shape index (κ1) is 17.5. The van der Waals surface area contributed by atoms with Crippen molar-refractivity contribution in [2.24, 2.45) is 23.2 Å². The van der Waals surface area contributed by atoms with E-state index in [1.165, 1.54) is 38.5 Å². The summed E-state index contributed by atoms with van der Waals surface area (Å²) in [5.74, 6) is 4.03. The Morgan fingerprint density at radius 1 is 1.16 bits per heavy atom. The minimum atomic E-state index is -0.0705. The summed E-state index contributed by atoms with van der Waals surface area (Å²) in [7, 11) is 0. The molecule has 25 heavy (non-hydrogen) atoms. The first-order valence-corrected chi connectivity index (χ1v) is 11.4. The molecular formula is C21H32N2OS. The van der Waals surface area contributed by atoms with Crippen LogP contribution in [0.3, 0.4) is 0 Å². The molecule has 0 aliphatic heterocycles. The van der Waals surface area contributed by atoms with Gasteiger partial charge < -0.3 is 9.88 Å². The monoisotopic (exact) mass is 360 g/mol. The van der Waals surface area contributed by atoms with Crippen LogP contribution in [0.4, 0.5) is 0 Å². The number of hydrogen-bond donors (Lipinski definition) is 1. The van der Waals surface area contributed by atoms with E-state index in [1.54, 1.807) is 0 Å². The van der Waals surface area contributed by atoms with Crippen molar-refractivity contribution in [1.29, 1.82) is 0 Å². The van der Waals surface area contributed by atoms with Crippen LogP contribution in [0, 0.1) is 23.2 Å². The average molecular weight is 361 g/mol. The van der Waals surface area contributed by atoms with Gasteiger partial charge in [0.2, 0.25) is 5.91 Å². The molecule has 4 saturated carbocycles. The number of nitrogens with one attached hydrogen (secondary N) is 1. The Labute approximate surface area is 156 Å². The van der Waals surface area contributed by atoms with Gasteiger partial charge in [0.1, 0.15) is 6.04 Å². The van der Waals surface area contributed by atoms with Crippen molar-refractivity contribution >= 4 is 17.7 Å². The lowest BCUT2D eigenvalue weighted by Gasteiger charge is -2.59.